The number of hydrogen-bond acceptors (Lipinski definition) is 10. The second kappa shape index (κ2) is 14.4. The first-order chi connectivity index (χ1) is 23.2. The highest BCUT2D eigenvalue weighted by Crippen LogP contribution is 2.55. The Balaban J connectivity index is 1.24. The average Bonchev–Trinajstić information content (AvgIpc) is 3.53. The number of primary sulfonamides is 1. The van der Waals surface area contributed by atoms with Crippen molar-refractivity contribution in [2.24, 2.45) is 22.9 Å². The second-order valence-electron chi connectivity index (χ2n) is 13.1. The Morgan fingerprint density at radius 1 is 1.16 bits per heavy atom. The summed E-state index contributed by atoms with van der Waals surface area (Å²) >= 11 is 0. The predicted molar refractivity (Wildman–Crippen MR) is 173 cm³/mol. The molecule has 2 unspecified atom stereocenters. The van der Waals surface area contributed by atoms with Crippen molar-refractivity contribution < 1.29 is 41.5 Å². The predicted octanol–water partition coefficient (Wildman–Crippen LogP) is 0.535. The molecule has 4 aliphatic rings. The molecule has 4 bridgehead atoms. The van der Waals surface area contributed by atoms with Gasteiger partial charge in [0.15, 0.2) is 0 Å². The van der Waals surface area contributed by atoms with E-state index in [2.05, 4.69) is 26.0 Å². The molecular weight excluding hydrogens is 660 g/mol. The maximum atomic E-state index is 13.4. The van der Waals surface area contributed by atoms with E-state index in [9.17, 15) is 37.2 Å². The van der Waals surface area contributed by atoms with Crippen LogP contribution in [0.4, 0.5) is 5.69 Å². The van der Waals surface area contributed by atoms with Gasteiger partial charge in [-0.05, 0) is 74.8 Å². The lowest BCUT2D eigenvalue weighted by molar-refractivity contribution is -0.135. The number of rotatable bonds is 13. The maximum absolute atomic E-state index is 13.4. The molecule has 2 aromatic rings. The SMILES string of the molecule is COC(=O)/C=C/CC[C@H](NC(=O)c1coc(S(N)(=O)=O)c1)C(=O)Nc1cccn(CC(=O)NC2C3CC4CC2CC(NC(C)=O)(C4)C3)c1=O. The average molecular weight is 701 g/mol. The Morgan fingerprint density at radius 3 is 2.51 bits per heavy atom. The number of aromatic nitrogens is 1. The molecule has 0 radical (unpaired) electrons. The first-order valence-corrected chi connectivity index (χ1v) is 17.5. The van der Waals surface area contributed by atoms with E-state index in [1.165, 1.54) is 43.0 Å². The van der Waals surface area contributed by atoms with E-state index in [0.29, 0.717) is 5.92 Å². The monoisotopic (exact) mass is 700 g/mol. The Morgan fingerprint density at radius 2 is 1.88 bits per heavy atom. The molecule has 49 heavy (non-hydrogen) atoms. The number of carbonyl (C=O) groups excluding carboxylic acids is 5. The highest BCUT2D eigenvalue weighted by molar-refractivity contribution is 7.89. The van der Waals surface area contributed by atoms with Crippen LogP contribution in [0.1, 0.15) is 62.2 Å². The summed E-state index contributed by atoms with van der Waals surface area (Å²) in [5, 5.41) is 15.7. The van der Waals surface area contributed by atoms with E-state index in [-0.39, 0.29) is 65.9 Å². The standard InChI is InChI=1S/C32H40N6O10S/c1-18(39)37-32-13-19-10-20(14-32)28(21(11-19)15-32)36-25(40)16-38-9-5-7-24(31(38)44)35-30(43)23(6-3-4-8-26(41)47-2)34-29(42)22-12-27(48-17-22)49(33,45)46/h4-5,7-9,12,17,19-21,23,28H,3,6,10-11,13-16H2,1-2H3,(H,34,42)(H,35,43)(H,36,40)(H,37,39)(H2,33,45,46)/b8-4+/t19?,20?,21?,23-,28?,32?/m0/s1. The molecule has 264 valence electrons. The van der Waals surface area contributed by atoms with Crippen molar-refractivity contribution in [2.45, 2.75) is 81.1 Å². The van der Waals surface area contributed by atoms with Gasteiger partial charge in [0, 0.05) is 36.8 Å². The first kappa shape index (κ1) is 35.5. The number of nitrogens with two attached hydrogens (primary N) is 1. The second-order valence-corrected chi connectivity index (χ2v) is 14.6. The lowest BCUT2D eigenvalue weighted by Gasteiger charge is -2.60. The lowest BCUT2D eigenvalue weighted by atomic mass is 9.51. The van der Waals surface area contributed by atoms with Crippen LogP contribution in [0.5, 0.6) is 0 Å². The largest absolute Gasteiger partial charge is 0.466 e. The summed E-state index contributed by atoms with van der Waals surface area (Å²) in [4.78, 5) is 76.2. The van der Waals surface area contributed by atoms with Crippen molar-refractivity contribution in [1.29, 1.82) is 0 Å². The van der Waals surface area contributed by atoms with Crippen molar-refractivity contribution >= 4 is 45.3 Å². The molecule has 2 heterocycles. The van der Waals surface area contributed by atoms with Gasteiger partial charge in [-0.2, -0.15) is 0 Å². The Labute approximate surface area is 282 Å². The van der Waals surface area contributed by atoms with Crippen molar-refractivity contribution in [3.8, 4) is 0 Å². The molecule has 0 saturated heterocycles. The fraction of sp³-hybridized carbons (Fsp3) is 0.500. The molecule has 0 spiro atoms. The Bertz CT molecular complexity index is 1820. The third kappa shape index (κ3) is 8.45. The van der Waals surface area contributed by atoms with Crippen molar-refractivity contribution in [3.63, 3.8) is 0 Å². The van der Waals surface area contributed by atoms with Crippen molar-refractivity contribution in [1.82, 2.24) is 20.5 Å². The number of nitrogens with zero attached hydrogens (tertiary/aromatic N) is 1. The van der Waals surface area contributed by atoms with Crippen LogP contribution in [0.25, 0.3) is 0 Å². The van der Waals surface area contributed by atoms with Crippen LogP contribution in [-0.2, 0) is 40.5 Å². The summed E-state index contributed by atoms with van der Waals surface area (Å²) < 4.78 is 33.7. The number of sulfonamides is 1. The summed E-state index contributed by atoms with van der Waals surface area (Å²) in [6.45, 7) is 1.24. The lowest BCUT2D eigenvalue weighted by Crippen LogP contribution is -2.66. The highest BCUT2D eigenvalue weighted by atomic mass is 32.2. The normalized spacial score (nSPS) is 24.6. The number of amides is 4. The molecule has 4 fully saturated rings. The number of ether oxygens (including phenoxy) is 1. The topological polar surface area (TPSA) is 238 Å². The van der Waals surface area contributed by atoms with Crippen molar-refractivity contribution in [3.05, 3.63) is 58.7 Å². The molecular formula is C32H40N6O10S. The van der Waals surface area contributed by atoms with E-state index in [1.807, 2.05) is 0 Å². The van der Waals surface area contributed by atoms with Gasteiger partial charge < -0.3 is 35.0 Å². The molecule has 6 rings (SSSR count). The van der Waals surface area contributed by atoms with E-state index in [0.717, 1.165) is 50.5 Å². The number of hydrogen-bond donors (Lipinski definition) is 5. The molecule has 17 heteroatoms. The molecule has 2 aromatic heterocycles. The van der Waals surface area contributed by atoms with Gasteiger partial charge >= 0.3 is 5.97 Å². The first-order valence-electron chi connectivity index (χ1n) is 15.9. The quantitative estimate of drug-likeness (QED) is 0.144. The van der Waals surface area contributed by atoms with Gasteiger partial charge in [-0.1, -0.05) is 6.08 Å². The van der Waals surface area contributed by atoms with Crippen LogP contribution < -0.4 is 32.0 Å². The minimum Gasteiger partial charge on any atom is -0.466 e. The summed E-state index contributed by atoms with van der Waals surface area (Å²) in [6, 6.07) is 2.45. The number of pyridine rings is 1. The summed E-state index contributed by atoms with van der Waals surface area (Å²) in [7, 11) is -3.02. The number of nitrogens with one attached hydrogen (secondary N) is 4. The van der Waals surface area contributed by atoms with Crippen LogP contribution in [0.15, 0.2) is 57.1 Å². The van der Waals surface area contributed by atoms with Crippen LogP contribution >= 0.6 is 0 Å². The number of carbonyl (C=O) groups is 5. The molecule has 0 aliphatic heterocycles. The smallest absolute Gasteiger partial charge is 0.330 e. The minimum atomic E-state index is -4.22. The number of methoxy groups -OCH3 is 1. The highest BCUT2D eigenvalue weighted by Gasteiger charge is 2.56. The zero-order chi connectivity index (χ0) is 35.5. The Hall–Kier alpha value is -4.77. The van der Waals surface area contributed by atoms with E-state index < -0.39 is 44.5 Å². The molecule has 0 aromatic carbocycles. The van der Waals surface area contributed by atoms with Crippen LogP contribution in [0.2, 0.25) is 0 Å². The van der Waals surface area contributed by atoms with Crippen LogP contribution in [-0.4, -0.2) is 67.3 Å². The number of allylic oxidation sites excluding steroid dienone is 1. The van der Waals surface area contributed by atoms with Crippen molar-refractivity contribution in [2.75, 3.05) is 12.4 Å². The number of furan rings is 1. The third-order valence-corrected chi connectivity index (χ3v) is 10.2. The molecule has 4 aliphatic carbocycles. The fourth-order valence-corrected chi connectivity index (χ4v) is 8.23. The van der Waals surface area contributed by atoms with Crippen LogP contribution in [0, 0.1) is 17.8 Å². The van der Waals surface area contributed by atoms with Gasteiger partial charge in [-0.15, -0.1) is 0 Å². The van der Waals surface area contributed by atoms with Gasteiger partial charge in [0.25, 0.3) is 21.5 Å². The van der Waals surface area contributed by atoms with Gasteiger partial charge in [0.05, 0.1) is 12.7 Å². The fourth-order valence-electron chi connectivity index (χ4n) is 7.75. The Kier molecular flexibility index (Phi) is 10.4. The van der Waals surface area contributed by atoms with Crippen LogP contribution in [0.3, 0.4) is 0 Å². The molecule has 6 N–H and O–H groups in total. The zero-order valence-corrected chi connectivity index (χ0v) is 27.9. The summed E-state index contributed by atoms with van der Waals surface area (Å²) in [6.07, 6.45) is 9.52. The van der Waals surface area contributed by atoms with Gasteiger partial charge in [-0.3, -0.25) is 24.0 Å². The van der Waals surface area contributed by atoms with E-state index in [4.69, 9.17) is 9.56 Å². The van der Waals surface area contributed by atoms with Gasteiger partial charge in [0.2, 0.25) is 22.8 Å². The summed E-state index contributed by atoms with van der Waals surface area (Å²) in [5.41, 5.74) is -1.22. The van der Waals surface area contributed by atoms with Gasteiger partial charge in [0.1, 0.15) is 24.5 Å². The molecule has 3 atom stereocenters. The maximum Gasteiger partial charge on any atom is 0.330 e. The summed E-state index contributed by atoms with van der Waals surface area (Å²) in [5.74, 6) is -1.68. The number of esters is 1. The van der Waals surface area contributed by atoms with E-state index in [1.54, 1.807) is 0 Å². The van der Waals surface area contributed by atoms with Gasteiger partial charge in [-0.25, -0.2) is 18.4 Å². The molecule has 4 saturated carbocycles. The van der Waals surface area contributed by atoms with E-state index >= 15 is 0 Å². The molecule has 16 nitrogen and oxygen atoms in total. The molecule has 4 amide bonds. The zero-order valence-electron chi connectivity index (χ0n) is 27.1. The minimum absolute atomic E-state index is 0.0256. The third-order valence-electron chi connectivity index (χ3n) is 9.45. The number of anilines is 1.